The summed E-state index contributed by atoms with van der Waals surface area (Å²) in [5.74, 6) is 2.07. The first-order chi connectivity index (χ1) is 20.6. The monoisotopic (exact) mass is 580 g/mol. The molecule has 0 N–H and O–H groups in total. The lowest BCUT2D eigenvalue weighted by Gasteiger charge is -2.36. The molecule has 3 heteroatoms. The molecule has 0 saturated carbocycles. The number of rotatable bonds is 6. The maximum absolute atomic E-state index is 7.27. The van der Waals surface area contributed by atoms with Crippen molar-refractivity contribution in [2.75, 3.05) is 0 Å². The predicted octanol–water partition coefficient (Wildman–Crippen LogP) is 7.10. The van der Waals surface area contributed by atoms with E-state index >= 15 is 0 Å². The van der Waals surface area contributed by atoms with E-state index in [0.29, 0.717) is 0 Å². The topological polar surface area (TPSA) is 9.23 Å². The van der Waals surface area contributed by atoms with Crippen LogP contribution < -0.4 is 36.6 Å². The minimum atomic E-state index is -1.32. The highest BCUT2D eigenvalue weighted by atomic mass is 31.1. The fraction of sp³-hybridized carbons (Fsp3) is 0.0769. The lowest BCUT2D eigenvalue weighted by atomic mass is 9.76. The lowest BCUT2D eigenvalue weighted by molar-refractivity contribution is 0.425. The van der Waals surface area contributed by atoms with E-state index in [9.17, 15) is 0 Å². The van der Waals surface area contributed by atoms with Crippen molar-refractivity contribution in [3.05, 3.63) is 169 Å². The van der Waals surface area contributed by atoms with Crippen LogP contribution in [0.4, 0.5) is 0 Å². The van der Waals surface area contributed by atoms with E-state index in [1.54, 1.807) is 0 Å². The molecule has 7 rings (SSSR count). The molecule has 204 valence electrons. The van der Waals surface area contributed by atoms with Crippen LogP contribution in [0.25, 0.3) is 0 Å². The number of benzene rings is 6. The summed E-state index contributed by atoms with van der Waals surface area (Å²) in [7, 11) is -2.64. The average molecular weight is 581 g/mol. The smallest absolute Gasteiger partial charge is 0.174 e. The van der Waals surface area contributed by atoms with Gasteiger partial charge in [-0.15, -0.1) is 0 Å². The fourth-order valence-electron chi connectivity index (χ4n) is 6.29. The van der Waals surface area contributed by atoms with Gasteiger partial charge in [-0.1, -0.05) is 111 Å². The first-order valence-electron chi connectivity index (χ1n) is 14.5. The Hall–Kier alpha value is -4.02. The minimum Gasteiger partial charge on any atom is -0.448 e. The van der Waals surface area contributed by atoms with E-state index in [2.05, 4.69) is 172 Å². The summed E-state index contributed by atoms with van der Waals surface area (Å²) < 4.78 is 7.27. The molecule has 0 radical (unpaired) electrons. The highest BCUT2D eigenvalue weighted by Gasteiger charge is 2.43. The van der Waals surface area contributed by atoms with Crippen LogP contribution >= 0.6 is 15.8 Å². The van der Waals surface area contributed by atoms with Gasteiger partial charge in [0.15, 0.2) is 11.5 Å². The normalized spacial score (nSPS) is 13.3. The van der Waals surface area contributed by atoms with Gasteiger partial charge in [-0.3, -0.25) is 0 Å². The standard InChI is InChI=1S/C39H32OP2/c1-39(2)33-25-15-27-35(41(29-17-7-3-8-18-29)30-19-9-4-10-20-30)37(33)40-38-34(39)26-16-28-36(38)42(31-21-11-5-12-22-31)32-23-13-6-14-24-32/h3-28H,1-2H3/p+2. The van der Waals surface area contributed by atoms with Gasteiger partial charge in [0.05, 0.1) is 0 Å². The number of hydrogen-bond donors (Lipinski definition) is 0. The number of fused-ring (bicyclic) bond motifs is 2. The molecule has 6 aromatic rings. The molecule has 0 bridgehead atoms. The Kier molecular flexibility index (Phi) is 7.25. The third-order valence-corrected chi connectivity index (χ3v) is 13.9. The van der Waals surface area contributed by atoms with Crippen LogP contribution in [-0.4, -0.2) is 0 Å². The molecule has 0 atom stereocenters. The molecule has 42 heavy (non-hydrogen) atoms. The molecule has 0 fully saturated rings. The quantitative estimate of drug-likeness (QED) is 0.191. The lowest BCUT2D eigenvalue weighted by Crippen LogP contribution is -2.32. The van der Waals surface area contributed by atoms with Gasteiger partial charge in [0.2, 0.25) is 0 Å². The van der Waals surface area contributed by atoms with Gasteiger partial charge < -0.3 is 4.74 Å². The minimum absolute atomic E-state index is 0.213. The molecule has 0 amide bonds. The first kappa shape index (κ1) is 26.9. The van der Waals surface area contributed by atoms with Crippen molar-refractivity contribution in [1.82, 2.24) is 0 Å². The fourth-order valence-corrected chi connectivity index (χ4v) is 11.7. The van der Waals surface area contributed by atoms with Crippen LogP contribution in [0.1, 0.15) is 25.0 Å². The van der Waals surface area contributed by atoms with E-state index < -0.39 is 15.8 Å². The molecule has 0 aromatic heterocycles. The van der Waals surface area contributed by atoms with Crippen molar-refractivity contribution in [2.45, 2.75) is 19.3 Å². The Balaban J connectivity index is 1.45. The predicted molar refractivity (Wildman–Crippen MR) is 185 cm³/mol. The van der Waals surface area contributed by atoms with Gasteiger partial charge in [0, 0.05) is 16.5 Å². The van der Waals surface area contributed by atoms with E-state index in [1.165, 1.54) is 43.0 Å². The molecule has 1 heterocycles. The second-order valence-corrected chi connectivity index (χ2v) is 16.2. The summed E-state index contributed by atoms with van der Waals surface area (Å²) >= 11 is 0. The first-order valence-corrected chi connectivity index (χ1v) is 17.5. The van der Waals surface area contributed by atoms with Crippen LogP contribution in [0.5, 0.6) is 11.5 Å². The maximum Gasteiger partial charge on any atom is 0.174 e. The number of ether oxygens (including phenoxy) is 1. The average Bonchev–Trinajstić information content (AvgIpc) is 3.04. The van der Waals surface area contributed by atoms with Crippen molar-refractivity contribution < 1.29 is 4.74 Å². The largest absolute Gasteiger partial charge is 0.448 e. The van der Waals surface area contributed by atoms with Gasteiger partial charge in [0.1, 0.15) is 47.7 Å². The van der Waals surface area contributed by atoms with Gasteiger partial charge in [-0.2, -0.15) is 0 Å². The van der Waals surface area contributed by atoms with Gasteiger partial charge in [-0.25, -0.2) is 0 Å². The summed E-state index contributed by atoms with van der Waals surface area (Å²) in [5, 5.41) is 8.05. The third kappa shape index (κ3) is 4.78. The summed E-state index contributed by atoms with van der Waals surface area (Å²) in [6.07, 6.45) is 0. The SMILES string of the molecule is CC1(C)c2cccc([PH+](c3ccccc3)c3ccccc3)c2Oc2c([PH+](c3ccccc3)c3ccccc3)cccc21. The zero-order chi connectivity index (χ0) is 28.5. The Bertz CT molecular complexity index is 1600. The summed E-state index contributed by atoms with van der Waals surface area (Å²) in [5.41, 5.74) is 2.30. The van der Waals surface area contributed by atoms with Crippen LogP contribution in [0.2, 0.25) is 0 Å². The van der Waals surface area contributed by atoms with E-state index in [4.69, 9.17) is 4.74 Å². The second kappa shape index (κ2) is 11.3. The van der Waals surface area contributed by atoms with Crippen molar-refractivity contribution in [3.63, 3.8) is 0 Å². The number of hydrogen-bond acceptors (Lipinski definition) is 1. The molecule has 1 nitrogen and oxygen atoms in total. The summed E-state index contributed by atoms with van der Waals surface area (Å²) in [6, 6.07) is 57.5. The van der Waals surface area contributed by atoms with Crippen LogP contribution in [-0.2, 0) is 5.41 Å². The molecule has 1 aliphatic rings. The van der Waals surface area contributed by atoms with Crippen LogP contribution in [0, 0.1) is 0 Å². The zero-order valence-electron chi connectivity index (χ0n) is 23.9. The van der Waals surface area contributed by atoms with Gasteiger partial charge >= 0.3 is 0 Å². The molecular formula is C39H34OP2+2. The summed E-state index contributed by atoms with van der Waals surface area (Å²) in [6.45, 7) is 4.71. The zero-order valence-corrected chi connectivity index (χ0v) is 25.9. The summed E-state index contributed by atoms with van der Waals surface area (Å²) in [4.78, 5) is 0. The van der Waals surface area contributed by atoms with E-state index in [1.807, 2.05) is 0 Å². The third-order valence-electron chi connectivity index (χ3n) is 8.37. The Morgan fingerprint density at radius 3 is 1.00 bits per heavy atom. The maximum atomic E-state index is 7.27. The molecular weight excluding hydrogens is 546 g/mol. The number of para-hydroxylation sites is 2. The highest BCUT2D eigenvalue weighted by Crippen LogP contribution is 2.52. The van der Waals surface area contributed by atoms with Crippen molar-refractivity contribution >= 4 is 47.7 Å². The Morgan fingerprint density at radius 1 is 0.381 bits per heavy atom. The molecule has 6 aromatic carbocycles. The van der Waals surface area contributed by atoms with Gasteiger partial charge in [-0.05, 0) is 60.7 Å². The second-order valence-electron chi connectivity index (χ2n) is 11.3. The Labute approximate surface area is 251 Å². The van der Waals surface area contributed by atoms with Gasteiger partial charge in [0.25, 0.3) is 0 Å². The van der Waals surface area contributed by atoms with Crippen LogP contribution in [0.3, 0.4) is 0 Å². The molecule has 0 saturated heterocycles. The van der Waals surface area contributed by atoms with Crippen molar-refractivity contribution in [2.24, 2.45) is 0 Å². The van der Waals surface area contributed by atoms with Crippen molar-refractivity contribution in [1.29, 1.82) is 0 Å². The highest BCUT2D eigenvalue weighted by molar-refractivity contribution is 7.80. The molecule has 1 aliphatic heterocycles. The van der Waals surface area contributed by atoms with Crippen molar-refractivity contribution in [3.8, 4) is 11.5 Å². The molecule has 0 unspecified atom stereocenters. The van der Waals surface area contributed by atoms with E-state index in [0.717, 1.165) is 11.5 Å². The van der Waals surface area contributed by atoms with E-state index in [-0.39, 0.29) is 5.41 Å². The molecule has 0 aliphatic carbocycles. The van der Waals surface area contributed by atoms with Crippen LogP contribution in [0.15, 0.2) is 158 Å². The Morgan fingerprint density at radius 2 is 0.690 bits per heavy atom. The molecule has 0 spiro atoms.